The van der Waals surface area contributed by atoms with Crippen LogP contribution in [0, 0.1) is 0 Å². The molecular formula is C20H15BrClN3O. The average molecular weight is 429 g/mol. The Hall–Kier alpha value is -2.37. The summed E-state index contributed by atoms with van der Waals surface area (Å²) in [5.41, 5.74) is 3.42. The minimum atomic E-state index is -0.160. The molecule has 26 heavy (non-hydrogen) atoms. The number of rotatable bonds is 3. The normalized spacial score (nSPS) is 16.6. The first kappa shape index (κ1) is 17.1. The fraction of sp³-hybridized carbons (Fsp3) is 0.100. The first-order chi connectivity index (χ1) is 12.6. The highest BCUT2D eigenvalue weighted by Crippen LogP contribution is 2.33. The second kappa shape index (κ2) is 7.09. The highest BCUT2D eigenvalue weighted by Gasteiger charge is 2.34. The molecule has 4 rings (SSSR count). The second-order valence-corrected chi connectivity index (χ2v) is 7.41. The van der Waals surface area contributed by atoms with E-state index in [1.54, 1.807) is 29.3 Å². The number of amides is 1. The van der Waals surface area contributed by atoms with E-state index in [1.165, 1.54) is 0 Å². The van der Waals surface area contributed by atoms with E-state index in [0.29, 0.717) is 17.0 Å². The van der Waals surface area contributed by atoms with Gasteiger partial charge in [-0.15, -0.1) is 0 Å². The van der Waals surface area contributed by atoms with E-state index in [2.05, 4.69) is 26.0 Å². The molecule has 0 aliphatic carbocycles. The number of hydrazone groups is 1. The predicted octanol–water partition coefficient (Wildman–Crippen LogP) is 5.42. The summed E-state index contributed by atoms with van der Waals surface area (Å²) in [6.07, 6.45) is 2.51. The number of benzene rings is 2. The number of H-pyrrole nitrogens is 1. The summed E-state index contributed by atoms with van der Waals surface area (Å²) in [5, 5.41) is 6.82. The quantitative estimate of drug-likeness (QED) is 0.595. The lowest BCUT2D eigenvalue weighted by molar-refractivity contribution is 0.0708. The molecule has 0 radical (unpaired) electrons. The lowest BCUT2D eigenvalue weighted by Crippen LogP contribution is -2.27. The van der Waals surface area contributed by atoms with Crippen LogP contribution in [0.2, 0.25) is 5.02 Å². The number of hydrogen-bond acceptors (Lipinski definition) is 2. The van der Waals surface area contributed by atoms with Gasteiger partial charge in [0.25, 0.3) is 5.91 Å². The fourth-order valence-electron chi connectivity index (χ4n) is 3.03. The van der Waals surface area contributed by atoms with Gasteiger partial charge in [-0.3, -0.25) is 4.79 Å². The van der Waals surface area contributed by atoms with Crippen LogP contribution in [-0.4, -0.2) is 21.6 Å². The van der Waals surface area contributed by atoms with Crippen LogP contribution in [-0.2, 0) is 0 Å². The molecule has 1 aliphatic rings. The number of nitrogens with one attached hydrogen (secondary N) is 1. The molecule has 1 aromatic heterocycles. The summed E-state index contributed by atoms with van der Waals surface area (Å²) in [7, 11) is 0. The molecule has 1 atom stereocenters. The SMILES string of the molecule is O=C(c1ccc(Cl)cc1)N1N=C(c2ccc(Br)cc2)CC1c1ccc[nH]1. The van der Waals surface area contributed by atoms with Crippen molar-refractivity contribution < 1.29 is 4.79 Å². The molecule has 4 nitrogen and oxygen atoms in total. The van der Waals surface area contributed by atoms with Crippen LogP contribution >= 0.6 is 27.5 Å². The van der Waals surface area contributed by atoms with Gasteiger partial charge in [-0.1, -0.05) is 39.7 Å². The van der Waals surface area contributed by atoms with Crippen LogP contribution < -0.4 is 0 Å². The molecule has 0 spiro atoms. The number of aromatic nitrogens is 1. The van der Waals surface area contributed by atoms with Gasteiger partial charge in [0.2, 0.25) is 0 Å². The van der Waals surface area contributed by atoms with Crippen LogP contribution in [0.4, 0.5) is 0 Å². The Bertz CT molecular complexity index is 950. The van der Waals surface area contributed by atoms with Gasteiger partial charge in [-0.25, -0.2) is 5.01 Å². The van der Waals surface area contributed by atoms with E-state index < -0.39 is 0 Å². The monoisotopic (exact) mass is 427 g/mol. The topological polar surface area (TPSA) is 48.5 Å². The number of nitrogens with zero attached hydrogens (tertiary/aromatic N) is 2. The third-order valence-electron chi connectivity index (χ3n) is 4.37. The molecule has 0 saturated carbocycles. The molecular weight excluding hydrogens is 414 g/mol. The molecule has 2 aromatic carbocycles. The summed E-state index contributed by atoms with van der Waals surface area (Å²) in [6, 6.07) is 18.6. The van der Waals surface area contributed by atoms with Crippen molar-refractivity contribution in [1.29, 1.82) is 0 Å². The van der Waals surface area contributed by atoms with Crippen LogP contribution in [0.1, 0.15) is 34.1 Å². The zero-order chi connectivity index (χ0) is 18.1. The van der Waals surface area contributed by atoms with E-state index in [1.807, 2.05) is 42.6 Å². The Morgan fingerprint density at radius 1 is 1.12 bits per heavy atom. The summed E-state index contributed by atoms with van der Waals surface area (Å²) in [6.45, 7) is 0. The molecule has 6 heteroatoms. The van der Waals surface area contributed by atoms with Crippen molar-refractivity contribution in [1.82, 2.24) is 9.99 Å². The van der Waals surface area contributed by atoms with Crippen LogP contribution in [0.15, 0.2) is 76.4 Å². The van der Waals surface area contributed by atoms with Crippen molar-refractivity contribution in [3.05, 3.63) is 93.2 Å². The van der Waals surface area contributed by atoms with Crippen molar-refractivity contribution >= 4 is 39.1 Å². The van der Waals surface area contributed by atoms with Gasteiger partial charge >= 0.3 is 0 Å². The van der Waals surface area contributed by atoms with E-state index in [9.17, 15) is 4.79 Å². The number of halogens is 2. The van der Waals surface area contributed by atoms with Gasteiger partial charge in [0, 0.05) is 33.4 Å². The van der Waals surface area contributed by atoms with E-state index in [0.717, 1.165) is 21.4 Å². The number of aromatic amines is 1. The third kappa shape index (κ3) is 3.32. The van der Waals surface area contributed by atoms with Gasteiger partial charge < -0.3 is 4.98 Å². The fourth-order valence-corrected chi connectivity index (χ4v) is 3.42. The van der Waals surface area contributed by atoms with Crippen molar-refractivity contribution in [3.63, 3.8) is 0 Å². The zero-order valence-electron chi connectivity index (χ0n) is 13.7. The van der Waals surface area contributed by atoms with Gasteiger partial charge in [-0.2, -0.15) is 5.10 Å². The average Bonchev–Trinajstić information content (AvgIpc) is 3.32. The Labute approximate surface area is 164 Å². The standard InChI is InChI=1S/C20H15BrClN3O/c21-15-7-3-13(4-8-15)18-12-19(17-2-1-11-23-17)25(24-18)20(26)14-5-9-16(22)10-6-14/h1-11,19,23H,12H2. The maximum Gasteiger partial charge on any atom is 0.274 e. The van der Waals surface area contributed by atoms with Crippen molar-refractivity contribution in [2.24, 2.45) is 5.10 Å². The minimum absolute atomic E-state index is 0.145. The minimum Gasteiger partial charge on any atom is -0.363 e. The molecule has 0 bridgehead atoms. The van der Waals surface area contributed by atoms with Gasteiger partial charge in [0.15, 0.2) is 0 Å². The largest absolute Gasteiger partial charge is 0.363 e. The van der Waals surface area contributed by atoms with E-state index in [-0.39, 0.29) is 11.9 Å². The highest BCUT2D eigenvalue weighted by molar-refractivity contribution is 9.10. The zero-order valence-corrected chi connectivity index (χ0v) is 16.0. The maximum absolute atomic E-state index is 13.0. The van der Waals surface area contributed by atoms with Gasteiger partial charge in [-0.05, 0) is 54.1 Å². The number of carbonyl (C=O) groups excluding carboxylic acids is 1. The van der Waals surface area contributed by atoms with Crippen LogP contribution in [0.25, 0.3) is 0 Å². The smallest absolute Gasteiger partial charge is 0.274 e. The Balaban J connectivity index is 1.70. The lowest BCUT2D eigenvalue weighted by atomic mass is 10.0. The summed E-state index contributed by atoms with van der Waals surface area (Å²) in [4.78, 5) is 16.3. The Morgan fingerprint density at radius 3 is 2.50 bits per heavy atom. The molecule has 3 aromatic rings. The highest BCUT2D eigenvalue weighted by atomic mass is 79.9. The molecule has 1 amide bonds. The van der Waals surface area contributed by atoms with Crippen LogP contribution in [0.3, 0.4) is 0 Å². The molecule has 1 N–H and O–H groups in total. The Kier molecular flexibility index (Phi) is 4.66. The maximum atomic E-state index is 13.0. The molecule has 0 saturated heterocycles. The molecule has 1 aliphatic heterocycles. The van der Waals surface area contributed by atoms with Gasteiger partial charge in [0.1, 0.15) is 6.04 Å². The summed E-state index contributed by atoms with van der Waals surface area (Å²) >= 11 is 9.39. The van der Waals surface area contributed by atoms with Crippen molar-refractivity contribution in [2.45, 2.75) is 12.5 Å². The lowest BCUT2D eigenvalue weighted by Gasteiger charge is -2.20. The number of carbonyl (C=O) groups is 1. The van der Waals surface area contributed by atoms with E-state index in [4.69, 9.17) is 11.6 Å². The molecule has 130 valence electrons. The van der Waals surface area contributed by atoms with Gasteiger partial charge in [0.05, 0.1) is 5.71 Å². The number of hydrogen-bond donors (Lipinski definition) is 1. The molecule has 2 heterocycles. The predicted molar refractivity (Wildman–Crippen MR) is 106 cm³/mol. The second-order valence-electron chi connectivity index (χ2n) is 6.06. The molecule has 0 fully saturated rings. The summed E-state index contributed by atoms with van der Waals surface area (Å²) < 4.78 is 1.01. The Morgan fingerprint density at radius 2 is 1.85 bits per heavy atom. The van der Waals surface area contributed by atoms with Crippen molar-refractivity contribution in [3.8, 4) is 0 Å². The van der Waals surface area contributed by atoms with Crippen LogP contribution in [0.5, 0.6) is 0 Å². The first-order valence-corrected chi connectivity index (χ1v) is 9.35. The molecule has 1 unspecified atom stereocenters. The van der Waals surface area contributed by atoms with Crippen molar-refractivity contribution in [2.75, 3.05) is 0 Å². The first-order valence-electron chi connectivity index (χ1n) is 8.17. The third-order valence-corrected chi connectivity index (χ3v) is 5.15. The van der Waals surface area contributed by atoms with E-state index >= 15 is 0 Å². The summed E-state index contributed by atoms with van der Waals surface area (Å²) in [5.74, 6) is -0.145.